The second-order valence-corrected chi connectivity index (χ2v) is 5.19. The molecule has 0 aliphatic carbocycles. The van der Waals surface area contributed by atoms with Crippen molar-refractivity contribution in [1.82, 2.24) is 15.1 Å². The molecule has 2 aliphatic rings. The Kier molecular flexibility index (Phi) is 10.5. The predicted octanol–water partition coefficient (Wildman–Crippen LogP) is 2.00. The topological polar surface area (TPSA) is 18.5 Å². The standard InChI is InChI=1S/C13H27N3.2ClH/c1-2-13-5-3-4-8-16(13)12-11-15-9-6-14-7-10-15;;/h13-14H,2-12H2,1H3;2*1H. The highest BCUT2D eigenvalue weighted by Crippen LogP contribution is 2.18. The predicted molar refractivity (Wildman–Crippen MR) is 83.3 cm³/mol. The first-order valence-corrected chi connectivity index (χ1v) is 7.07. The number of nitrogens with zero attached hydrogens (tertiary/aromatic N) is 2. The molecule has 0 saturated carbocycles. The monoisotopic (exact) mass is 297 g/mol. The van der Waals surface area contributed by atoms with Crippen molar-refractivity contribution in [1.29, 1.82) is 0 Å². The fourth-order valence-electron chi connectivity index (χ4n) is 3.02. The van der Waals surface area contributed by atoms with E-state index in [1.165, 1.54) is 71.5 Å². The van der Waals surface area contributed by atoms with Gasteiger partial charge in [0.05, 0.1) is 0 Å². The highest BCUT2D eigenvalue weighted by atomic mass is 35.5. The summed E-state index contributed by atoms with van der Waals surface area (Å²) in [6.07, 6.45) is 5.63. The van der Waals surface area contributed by atoms with Crippen LogP contribution in [0.3, 0.4) is 0 Å². The maximum Gasteiger partial charge on any atom is 0.0112 e. The average Bonchev–Trinajstić information content (AvgIpc) is 2.38. The SMILES string of the molecule is CCC1CCCCN1CCN1CCNCC1.Cl.Cl. The molecule has 0 aromatic rings. The van der Waals surface area contributed by atoms with Crippen molar-refractivity contribution in [3.05, 3.63) is 0 Å². The molecular weight excluding hydrogens is 269 g/mol. The molecule has 2 rings (SSSR count). The Balaban J connectivity index is 0.00000144. The first kappa shape index (κ1) is 18.5. The number of nitrogens with one attached hydrogen (secondary N) is 1. The molecule has 0 amide bonds. The van der Waals surface area contributed by atoms with Gasteiger partial charge in [0.15, 0.2) is 0 Å². The van der Waals surface area contributed by atoms with E-state index in [4.69, 9.17) is 0 Å². The van der Waals surface area contributed by atoms with Crippen LogP contribution in [0.2, 0.25) is 0 Å². The molecule has 2 aliphatic heterocycles. The van der Waals surface area contributed by atoms with Crippen molar-refractivity contribution in [2.45, 2.75) is 38.6 Å². The van der Waals surface area contributed by atoms with Gasteiger partial charge in [0.2, 0.25) is 0 Å². The quantitative estimate of drug-likeness (QED) is 0.856. The van der Waals surface area contributed by atoms with Crippen LogP contribution in [0.1, 0.15) is 32.6 Å². The summed E-state index contributed by atoms with van der Waals surface area (Å²) >= 11 is 0. The third-order valence-corrected chi connectivity index (χ3v) is 4.13. The van der Waals surface area contributed by atoms with Crippen molar-refractivity contribution in [3.8, 4) is 0 Å². The molecule has 3 nitrogen and oxygen atoms in total. The van der Waals surface area contributed by atoms with Crippen LogP contribution in [0.4, 0.5) is 0 Å². The van der Waals surface area contributed by atoms with Crippen molar-refractivity contribution < 1.29 is 0 Å². The van der Waals surface area contributed by atoms with Gasteiger partial charge in [0, 0.05) is 45.3 Å². The Bertz CT molecular complexity index is 199. The van der Waals surface area contributed by atoms with E-state index in [-0.39, 0.29) is 24.8 Å². The van der Waals surface area contributed by atoms with E-state index in [9.17, 15) is 0 Å². The summed E-state index contributed by atoms with van der Waals surface area (Å²) in [5.74, 6) is 0. The highest BCUT2D eigenvalue weighted by Gasteiger charge is 2.21. The zero-order valence-corrected chi connectivity index (χ0v) is 13.2. The Labute approximate surface area is 124 Å². The van der Waals surface area contributed by atoms with E-state index in [0.717, 1.165) is 6.04 Å². The van der Waals surface area contributed by atoms with E-state index in [1.54, 1.807) is 0 Å². The van der Waals surface area contributed by atoms with Gasteiger partial charge in [0.25, 0.3) is 0 Å². The van der Waals surface area contributed by atoms with Gasteiger partial charge in [0.1, 0.15) is 0 Å². The largest absolute Gasteiger partial charge is 0.314 e. The van der Waals surface area contributed by atoms with E-state index < -0.39 is 0 Å². The lowest BCUT2D eigenvalue weighted by Gasteiger charge is -2.37. The highest BCUT2D eigenvalue weighted by molar-refractivity contribution is 5.85. The summed E-state index contributed by atoms with van der Waals surface area (Å²) < 4.78 is 0. The van der Waals surface area contributed by atoms with Crippen LogP contribution in [-0.2, 0) is 0 Å². The van der Waals surface area contributed by atoms with E-state index in [0.29, 0.717) is 0 Å². The fourth-order valence-corrected chi connectivity index (χ4v) is 3.02. The third-order valence-electron chi connectivity index (χ3n) is 4.13. The minimum atomic E-state index is 0. The average molecular weight is 298 g/mol. The molecule has 18 heavy (non-hydrogen) atoms. The number of hydrogen-bond acceptors (Lipinski definition) is 3. The molecule has 2 fully saturated rings. The van der Waals surface area contributed by atoms with Crippen molar-refractivity contribution in [2.75, 3.05) is 45.8 Å². The van der Waals surface area contributed by atoms with Gasteiger partial charge in [-0.1, -0.05) is 13.3 Å². The first-order valence-electron chi connectivity index (χ1n) is 7.07. The maximum atomic E-state index is 3.42. The maximum absolute atomic E-state index is 3.42. The molecule has 0 bridgehead atoms. The molecule has 1 N–H and O–H groups in total. The van der Waals surface area contributed by atoms with Crippen LogP contribution in [0.15, 0.2) is 0 Å². The van der Waals surface area contributed by atoms with Crippen molar-refractivity contribution >= 4 is 24.8 Å². The molecule has 2 heterocycles. The van der Waals surface area contributed by atoms with Gasteiger partial charge in [-0.25, -0.2) is 0 Å². The number of rotatable bonds is 4. The minimum Gasteiger partial charge on any atom is -0.314 e. The smallest absolute Gasteiger partial charge is 0.0112 e. The molecule has 0 aromatic carbocycles. The van der Waals surface area contributed by atoms with Crippen LogP contribution in [0.25, 0.3) is 0 Å². The fraction of sp³-hybridized carbons (Fsp3) is 1.00. The van der Waals surface area contributed by atoms with Gasteiger partial charge in [-0.3, -0.25) is 9.80 Å². The van der Waals surface area contributed by atoms with Gasteiger partial charge in [-0.15, -0.1) is 24.8 Å². The van der Waals surface area contributed by atoms with Gasteiger partial charge < -0.3 is 5.32 Å². The molecule has 0 radical (unpaired) electrons. The van der Waals surface area contributed by atoms with Gasteiger partial charge >= 0.3 is 0 Å². The summed E-state index contributed by atoms with van der Waals surface area (Å²) in [5.41, 5.74) is 0. The lowest BCUT2D eigenvalue weighted by atomic mass is 10.0. The Morgan fingerprint density at radius 3 is 2.39 bits per heavy atom. The number of likely N-dealkylation sites (tertiary alicyclic amines) is 1. The summed E-state index contributed by atoms with van der Waals surface area (Å²) in [7, 11) is 0. The van der Waals surface area contributed by atoms with Crippen LogP contribution in [0, 0.1) is 0 Å². The van der Waals surface area contributed by atoms with Crippen molar-refractivity contribution in [3.63, 3.8) is 0 Å². The van der Waals surface area contributed by atoms with Crippen LogP contribution in [-0.4, -0.2) is 61.7 Å². The Morgan fingerprint density at radius 1 is 1.00 bits per heavy atom. The second-order valence-electron chi connectivity index (χ2n) is 5.19. The zero-order valence-electron chi connectivity index (χ0n) is 11.6. The molecule has 1 atom stereocenters. The molecule has 2 saturated heterocycles. The summed E-state index contributed by atoms with van der Waals surface area (Å²) in [6.45, 7) is 11.1. The lowest BCUT2D eigenvalue weighted by Crippen LogP contribution is -2.48. The number of hydrogen-bond donors (Lipinski definition) is 1. The van der Waals surface area contributed by atoms with Gasteiger partial charge in [-0.2, -0.15) is 0 Å². The third kappa shape index (κ3) is 5.62. The number of halogens is 2. The Morgan fingerprint density at radius 2 is 1.72 bits per heavy atom. The number of piperidine rings is 1. The second kappa shape index (κ2) is 10.3. The normalized spacial score (nSPS) is 26.2. The van der Waals surface area contributed by atoms with Crippen LogP contribution < -0.4 is 5.32 Å². The minimum absolute atomic E-state index is 0. The molecule has 1 unspecified atom stereocenters. The van der Waals surface area contributed by atoms with E-state index in [2.05, 4.69) is 22.0 Å². The summed E-state index contributed by atoms with van der Waals surface area (Å²) in [5, 5.41) is 3.42. The molecule has 110 valence electrons. The summed E-state index contributed by atoms with van der Waals surface area (Å²) in [4.78, 5) is 5.34. The molecule has 0 spiro atoms. The van der Waals surface area contributed by atoms with Crippen LogP contribution >= 0.6 is 24.8 Å². The molecule has 0 aromatic heterocycles. The lowest BCUT2D eigenvalue weighted by molar-refractivity contribution is 0.118. The zero-order chi connectivity index (χ0) is 11.2. The van der Waals surface area contributed by atoms with Crippen molar-refractivity contribution in [2.24, 2.45) is 0 Å². The van der Waals surface area contributed by atoms with E-state index in [1.807, 2.05) is 0 Å². The van der Waals surface area contributed by atoms with Crippen LogP contribution in [0.5, 0.6) is 0 Å². The number of piperazine rings is 1. The first-order chi connectivity index (χ1) is 7.90. The molecule has 5 heteroatoms. The van der Waals surface area contributed by atoms with E-state index >= 15 is 0 Å². The van der Waals surface area contributed by atoms with Gasteiger partial charge in [-0.05, 0) is 25.8 Å². The molecular formula is C13H29Cl2N3. The Hall–Kier alpha value is 0.460. The summed E-state index contributed by atoms with van der Waals surface area (Å²) in [6, 6.07) is 0.872.